The second-order valence-electron chi connectivity index (χ2n) is 6.72. The van der Waals surface area contributed by atoms with E-state index in [4.69, 9.17) is 9.15 Å². The monoisotopic (exact) mass is 344 g/mol. The van der Waals surface area contributed by atoms with Gasteiger partial charge < -0.3 is 19.4 Å². The quantitative estimate of drug-likeness (QED) is 0.921. The molecule has 4 rings (SSSR count). The molecule has 2 atom stereocenters. The van der Waals surface area contributed by atoms with Crippen LogP contribution in [0.1, 0.15) is 46.9 Å². The lowest BCUT2D eigenvalue weighted by molar-refractivity contribution is -0.00930. The number of hydrogen-bond donors (Lipinski definition) is 1. The second kappa shape index (κ2) is 7.01. The Labute approximate surface area is 146 Å². The van der Waals surface area contributed by atoms with Crippen LogP contribution in [-0.4, -0.2) is 53.4 Å². The van der Waals surface area contributed by atoms with E-state index in [-0.39, 0.29) is 11.9 Å². The van der Waals surface area contributed by atoms with Gasteiger partial charge in [-0.05, 0) is 44.5 Å². The van der Waals surface area contributed by atoms with Crippen LogP contribution in [0.3, 0.4) is 0 Å². The third kappa shape index (κ3) is 3.34. The van der Waals surface area contributed by atoms with Crippen molar-refractivity contribution in [3.63, 3.8) is 0 Å². The van der Waals surface area contributed by atoms with Crippen molar-refractivity contribution in [2.75, 3.05) is 32.8 Å². The fraction of sp³-hybridized carbons (Fsp3) is 0.556. The summed E-state index contributed by atoms with van der Waals surface area (Å²) in [6.45, 7) is 5.39. The zero-order chi connectivity index (χ0) is 17.2. The van der Waals surface area contributed by atoms with Crippen molar-refractivity contribution in [2.45, 2.75) is 31.8 Å². The highest BCUT2D eigenvalue weighted by Crippen LogP contribution is 2.27. The number of aryl methyl sites for hydroxylation is 1. The summed E-state index contributed by atoms with van der Waals surface area (Å²) in [6.07, 6.45) is 4.14. The van der Waals surface area contributed by atoms with E-state index >= 15 is 0 Å². The minimum absolute atomic E-state index is 0.0649. The molecule has 0 bridgehead atoms. The molecule has 0 saturated carbocycles. The van der Waals surface area contributed by atoms with Crippen LogP contribution in [0.25, 0.3) is 0 Å². The average molecular weight is 344 g/mol. The highest BCUT2D eigenvalue weighted by molar-refractivity contribution is 5.92. The second-order valence-corrected chi connectivity index (χ2v) is 6.72. The summed E-state index contributed by atoms with van der Waals surface area (Å²) < 4.78 is 13.2. The number of ether oxygens (including phenoxy) is 1. The predicted molar refractivity (Wildman–Crippen MR) is 91.4 cm³/mol. The van der Waals surface area contributed by atoms with Gasteiger partial charge in [0.05, 0.1) is 19.3 Å². The van der Waals surface area contributed by atoms with Crippen molar-refractivity contribution in [1.82, 2.24) is 20.0 Å². The summed E-state index contributed by atoms with van der Waals surface area (Å²) in [7, 11) is 0. The zero-order valence-electron chi connectivity index (χ0n) is 14.5. The number of morpholine rings is 1. The standard InChI is InChI=1S/C18H24N4O3/c1-13-4-5-17(25-13)16-12-24-10-9-21(16)18(23)15-6-8-22(20-15)14-3-2-7-19-11-14/h4-6,8,14,16,19H,2-3,7,9-12H2,1H3. The van der Waals surface area contributed by atoms with Crippen LogP contribution >= 0.6 is 0 Å². The van der Waals surface area contributed by atoms with Crippen LogP contribution in [0, 0.1) is 6.92 Å². The molecule has 2 fully saturated rings. The van der Waals surface area contributed by atoms with Gasteiger partial charge in [-0.1, -0.05) is 0 Å². The van der Waals surface area contributed by atoms with E-state index in [0.717, 1.165) is 37.5 Å². The molecule has 0 aromatic carbocycles. The number of carbonyl (C=O) groups excluding carboxylic acids is 1. The summed E-state index contributed by atoms with van der Waals surface area (Å²) >= 11 is 0. The lowest BCUT2D eigenvalue weighted by Gasteiger charge is -2.34. The topological polar surface area (TPSA) is 72.5 Å². The maximum absolute atomic E-state index is 13.0. The summed E-state index contributed by atoms with van der Waals surface area (Å²) in [5.41, 5.74) is 0.487. The number of amides is 1. The molecule has 2 aromatic rings. The molecule has 1 amide bonds. The van der Waals surface area contributed by atoms with Crippen molar-refractivity contribution >= 4 is 5.91 Å². The Bertz CT molecular complexity index is 732. The van der Waals surface area contributed by atoms with Crippen LogP contribution in [0.15, 0.2) is 28.8 Å². The molecule has 2 unspecified atom stereocenters. The molecule has 7 heteroatoms. The number of rotatable bonds is 3. The summed E-state index contributed by atoms with van der Waals surface area (Å²) in [6, 6.07) is 5.77. The molecular weight excluding hydrogens is 320 g/mol. The number of hydrogen-bond acceptors (Lipinski definition) is 5. The normalized spacial score (nSPS) is 24.4. The third-order valence-corrected chi connectivity index (χ3v) is 4.95. The number of piperidine rings is 1. The van der Waals surface area contributed by atoms with Crippen LogP contribution < -0.4 is 5.32 Å². The van der Waals surface area contributed by atoms with Crippen molar-refractivity contribution in [3.8, 4) is 0 Å². The Morgan fingerprint density at radius 3 is 3.04 bits per heavy atom. The smallest absolute Gasteiger partial charge is 0.275 e. The molecule has 134 valence electrons. The van der Waals surface area contributed by atoms with Crippen molar-refractivity contribution in [2.24, 2.45) is 0 Å². The lowest BCUT2D eigenvalue weighted by Crippen LogP contribution is -2.43. The van der Waals surface area contributed by atoms with Gasteiger partial charge in [0.2, 0.25) is 0 Å². The fourth-order valence-electron chi connectivity index (χ4n) is 3.58. The van der Waals surface area contributed by atoms with Crippen molar-refractivity contribution in [3.05, 3.63) is 41.6 Å². The maximum atomic E-state index is 13.0. The van der Waals surface area contributed by atoms with E-state index in [1.54, 1.807) is 0 Å². The van der Waals surface area contributed by atoms with Gasteiger partial charge in [-0.15, -0.1) is 0 Å². The molecule has 7 nitrogen and oxygen atoms in total. The molecule has 2 aliphatic heterocycles. The predicted octanol–water partition coefficient (Wildman–Crippen LogP) is 1.92. The van der Waals surface area contributed by atoms with Crippen LogP contribution in [0.5, 0.6) is 0 Å². The SMILES string of the molecule is Cc1ccc(C2COCCN2C(=O)c2ccn(C3CCCNC3)n2)o1. The Kier molecular flexibility index (Phi) is 4.59. The average Bonchev–Trinajstić information content (AvgIpc) is 3.31. The van der Waals surface area contributed by atoms with Gasteiger partial charge in [0.15, 0.2) is 0 Å². The van der Waals surface area contributed by atoms with Crippen molar-refractivity contribution < 1.29 is 13.9 Å². The van der Waals surface area contributed by atoms with Gasteiger partial charge in [-0.3, -0.25) is 9.48 Å². The first-order valence-electron chi connectivity index (χ1n) is 8.93. The Morgan fingerprint density at radius 2 is 2.28 bits per heavy atom. The summed E-state index contributed by atoms with van der Waals surface area (Å²) in [5.74, 6) is 1.54. The van der Waals surface area contributed by atoms with Gasteiger partial charge in [0.1, 0.15) is 23.3 Å². The first-order valence-corrected chi connectivity index (χ1v) is 8.93. The highest BCUT2D eigenvalue weighted by atomic mass is 16.5. The van der Waals surface area contributed by atoms with Crippen LogP contribution in [0.4, 0.5) is 0 Å². The minimum atomic E-state index is -0.198. The van der Waals surface area contributed by atoms with E-state index in [2.05, 4.69) is 10.4 Å². The van der Waals surface area contributed by atoms with Crippen molar-refractivity contribution in [1.29, 1.82) is 0 Å². The largest absolute Gasteiger partial charge is 0.464 e. The van der Waals surface area contributed by atoms with Gasteiger partial charge in [0, 0.05) is 19.3 Å². The van der Waals surface area contributed by atoms with E-state index in [1.807, 2.05) is 40.9 Å². The van der Waals surface area contributed by atoms with E-state index in [0.29, 0.717) is 31.5 Å². The first kappa shape index (κ1) is 16.4. The Hall–Kier alpha value is -2.12. The molecular formula is C18H24N4O3. The van der Waals surface area contributed by atoms with Gasteiger partial charge in [0.25, 0.3) is 5.91 Å². The van der Waals surface area contributed by atoms with Gasteiger partial charge in [-0.2, -0.15) is 5.10 Å². The van der Waals surface area contributed by atoms with E-state index < -0.39 is 0 Å². The van der Waals surface area contributed by atoms with Crippen LogP contribution in [0.2, 0.25) is 0 Å². The first-order chi connectivity index (χ1) is 12.2. The molecule has 2 aromatic heterocycles. The maximum Gasteiger partial charge on any atom is 0.275 e. The molecule has 25 heavy (non-hydrogen) atoms. The minimum Gasteiger partial charge on any atom is -0.464 e. The molecule has 2 aliphatic rings. The number of nitrogens with one attached hydrogen (secondary N) is 1. The Morgan fingerprint density at radius 1 is 1.36 bits per heavy atom. The number of aromatic nitrogens is 2. The van der Waals surface area contributed by atoms with E-state index in [1.165, 1.54) is 0 Å². The third-order valence-electron chi connectivity index (χ3n) is 4.95. The lowest BCUT2D eigenvalue weighted by atomic mass is 10.1. The van der Waals surface area contributed by atoms with E-state index in [9.17, 15) is 4.79 Å². The molecule has 1 N–H and O–H groups in total. The number of carbonyl (C=O) groups is 1. The summed E-state index contributed by atoms with van der Waals surface area (Å²) in [5, 5.41) is 7.94. The van der Waals surface area contributed by atoms with Gasteiger partial charge >= 0.3 is 0 Å². The fourth-order valence-corrected chi connectivity index (χ4v) is 3.58. The molecule has 0 spiro atoms. The molecule has 4 heterocycles. The molecule has 0 radical (unpaired) electrons. The van der Waals surface area contributed by atoms with Crippen LogP contribution in [-0.2, 0) is 4.74 Å². The number of nitrogens with zero attached hydrogens (tertiary/aromatic N) is 3. The number of furan rings is 1. The zero-order valence-corrected chi connectivity index (χ0v) is 14.5. The van der Waals surface area contributed by atoms with Gasteiger partial charge in [-0.25, -0.2) is 0 Å². The highest BCUT2D eigenvalue weighted by Gasteiger charge is 2.32. The summed E-state index contributed by atoms with van der Waals surface area (Å²) in [4.78, 5) is 14.8. The molecule has 2 saturated heterocycles. The molecule has 0 aliphatic carbocycles. The Balaban J connectivity index is 1.53.